The van der Waals surface area contributed by atoms with E-state index in [2.05, 4.69) is 20.7 Å². The molecule has 0 unspecified atom stereocenters. The predicted molar refractivity (Wildman–Crippen MR) is 86.1 cm³/mol. The van der Waals surface area contributed by atoms with E-state index in [1.807, 2.05) is 0 Å². The Morgan fingerprint density at radius 1 is 1.14 bits per heavy atom. The molecule has 112 valence electrons. The first-order valence-electron chi connectivity index (χ1n) is 5.64. The van der Waals surface area contributed by atoms with Gasteiger partial charge in [0.1, 0.15) is 10.7 Å². The normalized spacial score (nSPS) is 11.5. The van der Waals surface area contributed by atoms with Crippen LogP contribution in [-0.4, -0.2) is 8.42 Å². The molecule has 8 heteroatoms. The van der Waals surface area contributed by atoms with Gasteiger partial charge < -0.3 is 0 Å². The lowest BCUT2D eigenvalue weighted by Crippen LogP contribution is -2.14. The summed E-state index contributed by atoms with van der Waals surface area (Å²) in [5.74, 6) is -0.544. The minimum Gasteiger partial charge on any atom is -0.278 e. The molecule has 0 aromatic heterocycles. The maximum absolute atomic E-state index is 13.0. The molecule has 0 aliphatic heterocycles. The van der Waals surface area contributed by atoms with E-state index in [-0.39, 0.29) is 20.1 Å². The van der Waals surface area contributed by atoms with Crippen LogP contribution in [0.25, 0.3) is 0 Å². The molecule has 0 heterocycles. The number of nitrogens with one attached hydrogen (secondary N) is 1. The van der Waals surface area contributed by atoms with Gasteiger partial charge in [0.25, 0.3) is 10.0 Å². The Kier molecular flexibility index (Phi) is 4.82. The molecule has 0 fully saturated rings. The van der Waals surface area contributed by atoms with Gasteiger partial charge in [-0.05, 0) is 58.7 Å². The van der Waals surface area contributed by atoms with Crippen LogP contribution in [0.3, 0.4) is 0 Å². The first kappa shape index (κ1) is 16.5. The van der Waals surface area contributed by atoms with E-state index in [0.717, 1.165) is 23.8 Å². The summed E-state index contributed by atoms with van der Waals surface area (Å²) in [6.45, 7) is 1.75. The van der Waals surface area contributed by atoms with Gasteiger partial charge in [0.15, 0.2) is 0 Å². The van der Waals surface area contributed by atoms with E-state index in [9.17, 15) is 12.8 Å². The van der Waals surface area contributed by atoms with Crippen molar-refractivity contribution < 1.29 is 12.8 Å². The van der Waals surface area contributed by atoms with Crippen molar-refractivity contribution in [1.29, 1.82) is 0 Å². The summed E-state index contributed by atoms with van der Waals surface area (Å²) in [6, 6.07) is 6.27. The summed E-state index contributed by atoms with van der Waals surface area (Å²) in [5.41, 5.74) is 0.885. The molecule has 0 spiro atoms. The average Bonchev–Trinajstić information content (AvgIpc) is 2.35. The van der Waals surface area contributed by atoms with Gasteiger partial charge in [-0.15, -0.1) is 0 Å². The van der Waals surface area contributed by atoms with Crippen LogP contribution in [0.15, 0.2) is 39.7 Å². The summed E-state index contributed by atoms with van der Waals surface area (Å²) in [7, 11) is -3.92. The number of halogens is 4. The molecule has 0 saturated carbocycles. The molecule has 0 atom stereocenters. The summed E-state index contributed by atoms with van der Waals surface area (Å²) in [5, 5.41) is 0.606. The van der Waals surface area contributed by atoms with E-state index in [0.29, 0.717) is 5.02 Å². The maximum atomic E-state index is 13.0. The molecule has 2 rings (SSSR count). The topological polar surface area (TPSA) is 46.2 Å². The molecule has 2 aromatic rings. The van der Waals surface area contributed by atoms with Gasteiger partial charge in [-0.3, -0.25) is 4.72 Å². The first-order chi connectivity index (χ1) is 9.70. The van der Waals surface area contributed by atoms with E-state index < -0.39 is 15.8 Å². The second-order valence-corrected chi connectivity index (χ2v) is 7.58. The fourth-order valence-corrected chi connectivity index (χ4v) is 4.22. The van der Waals surface area contributed by atoms with Gasteiger partial charge in [0.05, 0.1) is 10.7 Å². The second kappa shape index (κ2) is 6.12. The number of aryl methyl sites for hydroxylation is 1. The van der Waals surface area contributed by atoms with E-state index >= 15 is 0 Å². The molecule has 0 aliphatic carbocycles. The van der Waals surface area contributed by atoms with Crippen molar-refractivity contribution in [2.24, 2.45) is 0 Å². The van der Waals surface area contributed by atoms with Crippen LogP contribution in [0, 0.1) is 12.7 Å². The highest BCUT2D eigenvalue weighted by molar-refractivity contribution is 9.10. The molecule has 0 amide bonds. The molecule has 2 aromatic carbocycles. The van der Waals surface area contributed by atoms with E-state index in [1.165, 1.54) is 6.07 Å². The van der Waals surface area contributed by atoms with Crippen LogP contribution < -0.4 is 4.72 Å². The highest BCUT2D eigenvalue weighted by atomic mass is 79.9. The fraction of sp³-hybridized carbons (Fsp3) is 0.0769. The van der Waals surface area contributed by atoms with Gasteiger partial charge in [0.2, 0.25) is 0 Å². The molecule has 0 radical (unpaired) electrons. The number of hydrogen-bond acceptors (Lipinski definition) is 2. The standard InChI is InChI=1S/C13H9BrCl2FNO2S/c1-7-4-11(16)12(6-10(7)15)18-21(19,20)13-3-2-8(17)5-9(13)14/h2-6,18H,1H3. The molecule has 1 N–H and O–H groups in total. The van der Waals surface area contributed by atoms with Crippen LogP contribution in [0.2, 0.25) is 10.0 Å². The molecular weight excluding hydrogens is 404 g/mol. The molecular formula is C13H9BrCl2FNO2S. The van der Waals surface area contributed by atoms with Crippen LogP contribution >= 0.6 is 39.1 Å². The smallest absolute Gasteiger partial charge is 0.263 e. The van der Waals surface area contributed by atoms with E-state index in [1.54, 1.807) is 13.0 Å². The zero-order valence-electron chi connectivity index (χ0n) is 10.6. The average molecular weight is 413 g/mol. The highest BCUT2D eigenvalue weighted by Crippen LogP contribution is 2.32. The van der Waals surface area contributed by atoms with Crippen molar-refractivity contribution in [3.05, 3.63) is 56.2 Å². The molecule has 0 aliphatic rings. The number of rotatable bonds is 3. The van der Waals surface area contributed by atoms with Crippen molar-refractivity contribution in [1.82, 2.24) is 0 Å². The Labute approximate surface area is 140 Å². The van der Waals surface area contributed by atoms with Crippen LogP contribution in [0.4, 0.5) is 10.1 Å². The van der Waals surface area contributed by atoms with Gasteiger partial charge in [-0.25, -0.2) is 12.8 Å². The minimum absolute atomic E-state index is 0.100. The molecule has 21 heavy (non-hydrogen) atoms. The van der Waals surface area contributed by atoms with Gasteiger partial charge in [0, 0.05) is 9.50 Å². The van der Waals surface area contributed by atoms with Crippen LogP contribution in [-0.2, 0) is 10.0 Å². The lowest BCUT2D eigenvalue weighted by atomic mass is 10.2. The molecule has 3 nitrogen and oxygen atoms in total. The summed E-state index contributed by atoms with van der Waals surface area (Å²) >= 11 is 15.0. The van der Waals surface area contributed by atoms with Crippen molar-refractivity contribution in [3.8, 4) is 0 Å². The van der Waals surface area contributed by atoms with E-state index in [4.69, 9.17) is 23.2 Å². The third-order valence-corrected chi connectivity index (χ3v) is 5.74. The number of benzene rings is 2. The molecule has 0 bridgehead atoms. The second-order valence-electron chi connectivity index (χ2n) is 4.26. The van der Waals surface area contributed by atoms with Gasteiger partial charge in [-0.1, -0.05) is 23.2 Å². The quantitative estimate of drug-likeness (QED) is 0.770. The van der Waals surface area contributed by atoms with Crippen molar-refractivity contribution in [3.63, 3.8) is 0 Å². The summed E-state index contributed by atoms with van der Waals surface area (Å²) in [6.07, 6.45) is 0. The van der Waals surface area contributed by atoms with Crippen molar-refractivity contribution in [2.75, 3.05) is 4.72 Å². The zero-order valence-corrected chi connectivity index (χ0v) is 14.5. The first-order valence-corrected chi connectivity index (χ1v) is 8.67. The number of hydrogen-bond donors (Lipinski definition) is 1. The number of anilines is 1. The van der Waals surface area contributed by atoms with Gasteiger partial charge in [-0.2, -0.15) is 0 Å². The Morgan fingerprint density at radius 3 is 2.43 bits per heavy atom. The zero-order chi connectivity index (χ0) is 15.8. The lowest BCUT2D eigenvalue weighted by molar-refractivity contribution is 0.599. The summed E-state index contributed by atoms with van der Waals surface area (Å²) in [4.78, 5) is -0.100. The fourth-order valence-electron chi connectivity index (χ4n) is 1.62. The van der Waals surface area contributed by atoms with Gasteiger partial charge >= 0.3 is 0 Å². The SMILES string of the molecule is Cc1cc(Cl)c(NS(=O)(=O)c2ccc(F)cc2Br)cc1Cl. The predicted octanol–water partition coefficient (Wildman–Crippen LogP) is 5.00. The monoisotopic (exact) mass is 411 g/mol. The Morgan fingerprint density at radius 2 is 1.81 bits per heavy atom. The molecule has 0 saturated heterocycles. The Balaban J connectivity index is 2.45. The Hall–Kier alpha value is -0.820. The lowest BCUT2D eigenvalue weighted by Gasteiger charge is -2.12. The van der Waals surface area contributed by atoms with Crippen molar-refractivity contribution in [2.45, 2.75) is 11.8 Å². The third-order valence-electron chi connectivity index (χ3n) is 2.68. The maximum Gasteiger partial charge on any atom is 0.263 e. The third kappa shape index (κ3) is 3.69. The number of sulfonamides is 1. The van der Waals surface area contributed by atoms with Crippen LogP contribution in [0.5, 0.6) is 0 Å². The summed E-state index contributed by atoms with van der Waals surface area (Å²) < 4.78 is 40.1. The van der Waals surface area contributed by atoms with Crippen LogP contribution in [0.1, 0.15) is 5.56 Å². The largest absolute Gasteiger partial charge is 0.278 e. The minimum atomic E-state index is -3.92. The Bertz CT molecular complexity index is 812. The van der Waals surface area contributed by atoms with Crippen molar-refractivity contribution >= 4 is 54.8 Å². The highest BCUT2D eigenvalue weighted by Gasteiger charge is 2.20.